The molecule has 72 valence electrons. The van der Waals surface area contributed by atoms with Gasteiger partial charge < -0.3 is 14.9 Å². The van der Waals surface area contributed by atoms with E-state index >= 15 is 0 Å². The molecule has 1 aromatic rings. The lowest BCUT2D eigenvalue weighted by atomic mass is 9.88. The first-order chi connectivity index (χ1) is 6.24. The van der Waals surface area contributed by atoms with E-state index < -0.39 is 0 Å². The molecule has 0 radical (unpaired) electrons. The van der Waals surface area contributed by atoms with E-state index in [0.29, 0.717) is 19.0 Å². The molecule has 2 rings (SSSR count). The fourth-order valence-corrected chi connectivity index (χ4v) is 1.55. The summed E-state index contributed by atoms with van der Waals surface area (Å²) in [6.07, 6.45) is 2.75. The molecule has 1 aliphatic heterocycles. The Kier molecular flexibility index (Phi) is 2.09. The summed E-state index contributed by atoms with van der Waals surface area (Å²) in [6.45, 7) is 4.00. The molecule has 1 aromatic heterocycles. The van der Waals surface area contributed by atoms with Gasteiger partial charge in [0.05, 0.1) is 24.8 Å². The molecular formula is C9H14N2O2. The third kappa shape index (κ3) is 1.47. The van der Waals surface area contributed by atoms with E-state index in [4.69, 9.17) is 14.9 Å². The molecular weight excluding hydrogens is 168 g/mol. The van der Waals surface area contributed by atoms with Gasteiger partial charge in [0.1, 0.15) is 5.76 Å². The lowest BCUT2D eigenvalue weighted by molar-refractivity contribution is 0.174. The van der Waals surface area contributed by atoms with Crippen LogP contribution in [0.1, 0.15) is 25.0 Å². The summed E-state index contributed by atoms with van der Waals surface area (Å²) in [5, 5.41) is 0. The maximum absolute atomic E-state index is 5.50. The largest absolute Gasteiger partial charge is 0.444 e. The number of oxazole rings is 1. The molecule has 1 saturated heterocycles. The fourth-order valence-electron chi connectivity index (χ4n) is 1.55. The number of hydrogen-bond donors (Lipinski definition) is 1. The monoisotopic (exact) mass is 182 g/mol. The van der Waals surface area contributed by atoms with E-state index in [1.807, 2.05) is 0 Å². The highest BCUT2D eigenvalue weighted by Gasteiger charge is 2.35. The summed E-state index contributed by atoms with van der Waals surface area (Å²) in [5.74, 6) is 1.49. The Morgan fingerprint density at radius 1 is 1.69 bits per heavy atom. The fraction of sp³-hybridized carbons (Fsp3) is 0.667. The Labute approximate surface area is 77.1 Å². The average Bonchev–Trinajstić information content (AvgIpc) is 2.72. The Bertz CT molecular complexity index is 290. The van der Waals surface area contributed by atoms with Crippen LogP contribution < -0.4 is 5.73 Å². The standard InChI is InChI=1S/C9H14N2O2/c1-9(2-3-12-6-9)7-5-11-8(4-10)13-7/h5H,2-4,6,10H2,1H3. The van der Waals surface area contributed by atoms with Crippen LogP contribution in [0.15, 0.2) is 10.6 Å². The molecule has 4 nitrogen and oxygen atoms in total. The Morgan fingerprint density at radius 2 is 2.54 bits per heavy atom. The van der Waals surface area contributed by atoms with Gasteiger partial charge >= 0.3 is 0 Å². The van der Waals surface area contributed by atoms with Crippen molar-refractivity contribution in [2.24, 2.45) is 5.73 Å². The molecule has 1 unspecified atom stereocenters. The summed E-state index contributed by atoms with van der Waals surface area (Å²) in [4.78, 5) is 4.08. The summed E-state index contributed by atoms with van der Waals surface area (Å²) in [7, 11) is 0. The number of ether oxygens (including phenoxy) is 1. The van der Waals surface area contributed by atoms with Gasteiger partial charge in [0.25, 0.3) is 0 Å². The first-order valence-corrected chi connectivity index (χ1v) is 4.47. The van der Waals surface area contributed by atoms with Crippen LogP contribution in [0, 0.1) is 0 Å². The van der Waals surface area contributed by atoms with E-state index in [2.05, 4.69) is 11.9 Å². The van der Waals surface area contributed by atoms with Crippen molar-refractivity contribution in [3.05, 3.63) is 17.8 Å². The molecule has 1 atom stereocenters. The zero-order valence-corrected chi connectivity index (χ0v) is 7.75. The minimum absolute atomic E-state index is 0.000417. The Morgan fingerprint density at radius 3 is 3.08 bits per heavy atom. The quantitative estimate of drug-likeness (QED) is 0.735. The molecule has 0 saturated carbocycles. The van der Waals surface area contributed by atoms with Gasteiger partial charge in [-0.25, -0.2) is 4.98 Å². The number of aromatic nitrogens is 1. The first kappa shape index (κ1) is 8.72. The number of hydrogen-bond acceptors (Lipinski definition) is 4. The van der Waals surface area contributed by atoms with Crippen molar-refractivity contribution in [3.8, 4) is 0 Å². The van der Waals surface area contributed by atoms with Crippen LogP contribution in [0.25, 0.3) is 0 Å². The normalized spacial score (nSPS) is 28.2. The predicted molar refractivity (Wildman–Crippen MR) is 47.2 cm³/mol. The molecule has 0 spiro atoms. The first-order valence-electron chi connectivity index (χ1n) is 4.47. The SMILES string of the molecule is CC1(c2cnc(CN)o2)CCOC1. The van der Waals surface area contributed by atoms with Gasteiger partial charge in [0.15, 0.2) is 0 Å². The van der Waals surface area contributed by atoms with E-state index in [1.54, 1.807) is 6.20 Å². The minimum atomic E-state index is 0.000417. The van der Waals surface area contributed by atoms with Gasteiger partial charge in [-0.15, -0.1) is 0 Å². The van der Waals surface area contributed by atoms with Gasteiger partial charge in [-0.3, -0.25) is 0 Å². The highest BCUT2D eigenvalue weighted by Crippen LogP contribution is 2.32. The molecule has 4 heteroatoms. The second-order valence-electron chi connectivity index (χ2n) is 3.69. The Hall–Kier alpha value is -0.870. The zero-order valence-electron chi connectivity index (χ0n) is 7.75. The molecule has 1 fully saturated rings. The van der Waals surface area contributed by atoms with Gasteiger partial charge in [-0.1, -0.05) is 6.92 Å². The van der Waals surface area contributed by atoms with Crippen LogP contribution in [0.3, 0.4) is 0 Å². The zero-order chi connectivity index (χ0) is 9.31. The van der Waals surface area contributed by atoms with Crippen molar-refractivity contribution in [1.82, 2.24) is 4.98 Å². The number of nitrogens with zero attached hydrogens (tertiary/aromatic N) is 1. The summed E-state index contributed by atoms with van der Waals surface area (Å²) in [5.41, 5.74) is 5.42. The topological polar surface area (TPSA) is 61.3 Å². The van der Waals surface area contributed by atoms with E-state index in [9.17, 15) is 0 Å². The van der Waals surface area contributed by atoms with Crippen molar-refractivity contribution in [2.75, 3.05) is 13.2 Å². The lowest BCUT2D eigenvalue weighted by Gasteiger charge is -2.17. The van der Waals surface area contributed by atoms with Crippen molar-refractivity contribution >= 4 is 0 Å². The highest BCUT2D eigenvalue weighted by molar-refractivity contribution is 5.11. The predicted octanol–water partition coefficient (Wildman–Crippen LogP) is 0.811. The maximum Gasteiger partial charge on any atom is 0.208 e. The molecule has 2 heterocycles. The lowest BCUT2D eigenvalue weighted by Crippen LogP contribution is -2.20. The van der Waals surface area contributed by atoms with E-state index in [-0.39, 0.29) is 5.41 Å². The van der Waals surface area contributed by atoms with Crippen LogP contribution in [-0.2, 0) is 16.7 Å². The van der Waals surface area contributed by atoms with Crippen LogP contribution in [0.4, 0.5) is 0 Å². The second kappa shape index (κ2) is 3.12. The summed E-state index contributed by atoms with van der Waals surface area (Å²) in [6, 6.07) is 0. The molecule has 0 aliphatic carbocycles. The minimum Gasteiger partial charge on any atom is -0.444 e. The van der Waals surface area contributed by atoms with Crippen LogP contribution >= 0.6 is 0 Å². The molecule has 0 amide bonds. The molecule has 0 bridgehead atoms. The van der Waals surface area contributed by atoms with E-state index in [1.165, 1.54) is 0 Å². The average molecular weight is 182 g/mol. The van der Waals surface area contributed by atoms with Crippen LogP contribution in [0.2, 0.25) is 0 Å². The summed E-state index contributed by atoms with van der Waals surface area (Å²) < 4.78 is 10.8. The smallest absolute Gasteiger partial charge is 0.208 e. The third-order valence-corrected chi connectivity index (χ3v) is 2.54. The summed E-state index contributed by atoms with van der Waals surface area (Å²) >= 11 is 0. The number of nitrogens with two attached hydrogens (primary N) is 1. The molecule has 1 aliphatic rings. The van der Waals surface area contributed by atoms with Crippen molar-refractivity contribution in [2.45, 2.75) is 25.3 Å². The van der Waals surface area contributed by atoms with Gasteiger partial charge in [-0.05, 0) is 6.42 Å². The highest BCUT2D eigenvalue weighted by atomic mass is 16.5. The van der Waals surface area contributed by atoms with Crippen LogP contribution in [0.5, 0.6) is 0 Å². The molecule has 13 heavy (non-hydrogen) atoms. The molecule has 2 N–H and O–H groups in total. The molecule has 0 aromatic carbocycles. The number of rotatable bonds is 2. The van der Waals surface area contributed by atoms with Crippen molar-refractivity contribution in [3.63, 3.8) is 0 Å². The maximum atomic E-state index is 5.50. The van der Waals surface area contributed by atoms with Crippen LogP contribution in [-0.4, -0.2) is 18.2 Å². The van der Waals surface area contributed by atoms with Crippen molar-refractivity contribution < 1.29 is 9.15 Å². The third-order valence-electron chi connectivity index (χ3n) is 2.54. The van der Waals surface area contributed by atoms with Gasteiger partial charge in [0.2, 0.25) is 5.89 Å². The van der Waals surface area contributed by atoms with E-state index in [0.717, 1.165) is 18.8 Å². The Balaban J connectivity index is 2.23. The second-order valence-corrected chi connectivity index (χ2v) is 3.69. The van der Waals surface area contributed by atoms with Gasteiger partial charge in [0, 0.05) is 6.61 Å². The van der Waals surface area contributed by atoms with Gasteiger partial charge in [-0.2, -0.15) is 0 Å². The van der Waals surface area contributed by atoms with Crippen molar-refractivity contribution in [1.29, 1.82) is 0 Å².